The summed E-state index contributed by atoms with van der Waals surface area (Å²) in [5, 5.41) is 6.24. The molecule has 112 valence electrons. The van der Waals surface area contributed by atoms with Crippen LogP contribution in [0, 0.1) is 11.8 Å². The molecule has 0 spiro atoms. The Labute approximate surface area is 114 Å². The minimum atomic E-state index is -4.31. The summed E-state index contributed by atoms with van der Waals surface area (Å²) in [6.45, 7) is 0.139. The number of rotatable bonds is 3. The second kappa shape index (κ2) is 5.80. The van der Waals surface area contributed by atoms with Crippen LogP contribution in [0.1, 0.15) is 31.5 Å². The molecule has 1 aliphatic rings. The van der Waals surface area contributed by atoms with E-state index in [1.54, 1.807) is 0 Å². The lowest BCUT2D eigenvalue weighted by Crippen LogP contribution is -2.43. The van der Waals surface area contributed by atoms with E-state index in [1.807, 2.05) is 0 Å². The lowest BCUT2D eigenvalue weighted by atomic mass is 9.78. The Morgan fingerprint density at radius 3 is 2.75 bits per heavy atom. The van der Waals surface area contributed by atoms with E-state index in [9.17, 15) is 18.0 Å². The fourth-order valence-corrected chi connectivity index (χ4v) is 2.71. The monoisotopic (exact) mass is 290 g/mol. The van der Waals surface area contributed by atoms with Crippen molar-refractivity contribution in [1.82, 2.24) is 20.1 Å². The molecule has 1 fully saturated rings. The molecule has 2 unspecified atom stereocenters. The van der Waals surface area contributed by atoms with Crippen molar-refractivity contribution in [2.45, 2.75) is 38.4 Å². The first-order valence-electron chi connectivity index (χ1n) is 6.55. The highest BCUT2D eigenvalue weighted by atomic mass is 19.4. The van der Waals surface area contributed by atoms with Gasteiger partial charge in [-0.25, -0.2) is 4.98 Å². The molecule has 1 saturated carbocycles. The van der Waals surface area contributed by atoms with Gasteiger partial charge in [0.1, 0.15) is 12.2 Å². The molecule has 1 aromatic heterocycles. The molecular weight excluding hydrogens is 273 g/mol. The highest BCUT2D eigenvalue weighted by Gasteiger charge is 2.48. The van der Waals surface area contributed by atoms with Crippen molar-refractivity contribution < 1.29 is 18.0 Å². The largest absolute Gasteiger partial charge is 0.392 e. The van der Waals surface area contributed by atoms with E-state index in [-0.39, 0.29) is 13.0 Å². The first-order chi connectivity index (χ1) is 9.39. The highest BCUT2D eigenvalue weighted by Crippen LogP contribution is 2.42. The van der Waals surface area contributed by atoms with Gasteiger partial charge in [-0.2, -0.15) is 18.3 Å². The maximum absolute atomic E-state index is 13.0. The van der Waals surface area contributed by atoms with E-state index in [0.29, 0.717) is 25.1 Å². The van der Waals surface area contributed by atoms with Crippen LogP contribution < -0.4 is 0 Å². The minimum absolute atomic E-state index is 0.0378. The third-order valence-corrected chi connectivity index (χ3v) is 3.73. The van der Waals surface area contributed by atoms with E-state index in [4.69, 9.17) is 0 Å². The molecule has 1 heterocycles. The number of nitrogens with zero attached hydrogens (tertiary/aromatic N) is 3. The number of H-pyrrole nitrogens is 1. The zero-order chi connectivity index (χ0) is 14.8. The van der Waals surface area contributed by atoms with Crippen LogP contribution in [0.5, 0.6) is 0 Å². The van der Waals surface area contributed by atoms with Crippen molar-refractivity contribution in [2.24, 2.45) is 11.8 Å². The molecule has 1 N–H and O–H groups in total. The Kier molecular flexibility index (Phi) is 4.29. The van der Waals surface area contributed by atoms with Crippen molar-refractivity contribution in [3.63, 3.8) is 0 Å². The number of amides is 1. The Bertz CT molecular complexity index is 446. The normalized spacial score (nSPS) is 23.6. The standard InChI is InChI=1S/C12H17F3N4O/c1-19(6-10-16-7-17-18-10)11(20)8-4-2-3-5-9(8)12(13,14)15/h7-9H,2-6H2,1H3,(H,16,17,18). The van der Waals surface area contributed by atoms with Crippen molar-refractivity contribution in [3.8, 4) is 0 Å². The van der Waals surface area contributed by atoms with Crippen LogP contribution in [0.3, 0.4) is 0 Å². The summed E-state index contributed by atoms with van der Waals surface area (Å²) in [5.41, 5.74) is 0. The van der Waals surface area contributed by atoms with Gasteiger partial charge >= 0.3 is 6.18 Å². The van der Waals surface area contributed by atoms with Gasteiger partial charge in [-0.15, -0.1) is 0 Å². The molecule has 1 amide bonds. The Balaban J connectivity index is 2.05. The first kappa shape index (κ1) is 14.8. The number of carbonyl (C=O) groups excluding carboxylic acids is 1. The topological polar surface area (TPSA) is 61.9 Å². The molecular formula is C12H17F3N4O. The van der Waals surface area contributed by atoms with Crippen molar-refractivity contribution in [1.29, 1.82) is 0 Å². The van der Waals surface area contributed by atoms with E-state index in [2.05, 4.69) is 15.2 Å². The summed E-state index contributed by atoms with van der Waals surface area (Å²) < 4.78 is 39.0. The molecule has 1 aliphatic carbocycles. The average Bonchev–Trinajstić information content (AvgIpc) is 2.89. The van der Waals surface area contributed by atoms with Crippen LogP contribution >= 0.6 is 0 Å². The number of nitrogens with one attached hydrogen (secondary N) is 1. The zero-order valence-corrected chi connectivity index (χ0v) is 11.2. The Morgan fingerprint density at radius 2 is 2.15 bits per heavy atom. The van der Waals surface area contributed by atoms with Gasteiger partial charge in [0.2, 0.25) is 5.91 Å². The van der Waals surface area contributed by atoms with Crippen LogP contribution in [0.4, 0.5) is 13.2 Å². The number of carbonyl (C=O) groups is 1. The van der Waals surface area contributed by atoms with Crippen LogP contribution in [0.15, 0.2) is 6.33 Å². The zero-order valence-electron chi connectivity index (χ0n) is 11.2. The van der Waals surface area contributed by atoms with Crippen LogP contribution in [0.2, 0.25) is 0 Å². The predicted octanol–water partition coefficient (Wildman–Crippen LogP) is 2.13. The van der Waals surface area contributed by atoms with Gasteiger partial charge in [-0.1, -0.05) is 12.8 Å². The predicted molar refractivity (Wildman–Crippen MR) is 64.4 cm³/mol. The molecule has 0 saturated heterocycles. The van der Waals surface area contributed by atoms with Crippen LogP contribution in [-0.2, 0) is 11.3 Å². The number of aromatic amines is 1. The van der Waals surface area contributed by atoms with Gasteiger partial charge in [-0.05, 0) is 12.8 Å². The third kappa shape index (κ3) is 3.29. The van der Waals surface area contributed by atoms with Gasteiger partial charge < -0.3 is 4.90 Å². The molecule has 0 bridgehead atoms. The molecule has 8 heteroatoms. The van der Waals surface area contributed by atoms with E-state index < -0.39 is 23.9 Å². The summed E-state index contributed by atoms with van der Waals surface area (Å²) in [4.78, 5) is 17.4. The number of aromatic nitrogens is 3. The number of halogens is 3. The Hall–Kier alpha value is -1.60. The second-order valence-corrected chi connectivity index (χ2v) is 5.17. The van der Waals surface area contributed by atoms with E-state index in [0.717, 1.165) is 0 Å². The van der Waals surface area contributed by atoms with Crippen LogP contribution in [0.25, 0.3) is 0 Å². The fraction of sp³-hybridized carbons (Fsp3) is 0.750. The summed E-state index contributed by atoms with van der Waals surface area (Å²) in [6, 6.07) is 0. The highest BCUT2D eigenvalue weighted by molar-refractivity contribution is 5.79. The lowest BCUT2D eigenvalue weighted by molar-refractivity contribution is -0.200. The average molecular weight is 290 g/mol. The summed E-state index contributed by atoms with van der Waals surface area (Å²) in [5.74, 6) is -2.51. The number of hydrogen-bond acceptors (Lipinski definition) is 3. The van der Waals surface area contributed by atoms with E-state index in [1.165, 1.54) is 18.3 Å². The maximum Gasteiger partial charge on any atom is 0.392 e. The second-order valence-electron chi connectivity index (χ2n) is 5.17. The number of hydrogen-bond donors (Lipinski definition) is 1. The SMILES string of the molecule is CN(Cc1ncn[nH]1)C(=O)C1CCCCC1C(F)(F)F. The maximum atomic E-state index is 13.0. The van der Waals surface area contributed by atoms with Crippen molar-refractivity contribution in [3.05, 3.63) is 12.2 Å². The quantitative estimate of drug-likeness (QED) is 0.927. The van der Waals surface area contributed by atoms with Gasteiger partial charge in [-0.3, -0.25) is 9.89 Å². The van der Waals surface area contributed by atoms with Gasteiger partial charge in [0, 0.05) is 13.0 Å². The molecule has 2 atom stereocenters. The van der Waals surface area contributed by atoms with Gasteiger partial charge in [0.15, 0.2) is 0 Å². The first-order valence-corrected chi connectivity index (χ1v) is 6.55. The van der Waals surface area contributed by atoms with Gasteiger partial charge in [0.05, 0.1) is 12.5 Å². The molecule has 5 nitrogen and oxygen atoms in total. The summed E-state index contributed by atoms with van der Waals surface area (Å²) in [7, 11) is 1.49. The van der Waals surface area contributed by atoms with Crippen molar-refractivity contribution in [2.75, 3.05) is 7.05 Å². The molecule has 20 heavy (non-hydrogen) atoms. The van der Waals surface area contributed by atoms with E-state index >= 15 is 0 Å². The smallest absolute Gasteiger partial charge is 0.338 e. The fourth-order valence-electron chi connectivity index (χ4n) is 2.71. The summed E-state index contributed by atoms with van der Waals surface area (Å²) in [6.07, 6.45) is -1.49. The molecule has 0 aromatic carbocycles. The molecule has 2 rings (SSSR count). The number of alkyl halides is 3. The minimum Gasteiger partial charge on any atom is -0.338 e. The summed E-state index contributed by atoms with van der Waals surface area (Å²) >= 11 is 0. The molecule has 1 aromatic rings. The Morgan fingerprint density at radius 1 is 1.45 bits per heavy atom. The van der Waals surface area contributed by atoms with Crippen LogP contribution in [-0.4, -0.2) is 39.2 Å². The van der Waals surface area contributed by atoms with Crippen molar-refractivity contribution >= 4 is 5.91 Å². The lowest BCUT2D eigenvalue weighted by Gasteiger charge is -2.34. The van der Waals surface area contributed by atoms with Gasteiger partial charge in [0.25, 0.3) is 0 Å². The third-order valence-electron chi connectivity index (χ3n) is 3.73. The molecule has 0 radical (unpaired) electrons. The molecule has 0 aliphatic heterocycles.